The van der Waals surface area contributed by atoms with Crippen molar-refractivity contribution in [2.45, 2.75) is 75.8 Å². The highest BCUT2D eigenvalue weighted by atomic mass is 16.7. The van der Waals surface area contributed by atoms with Gasteiger partial charge in [0.05, 0.1) is 12.2 Å². The minimum Gasteiger partial charge on any atom is -0.347 e. The molecule has 0 aliphatic heterocycles. The molecule has 14 heavy (non-hydrogen) atoms. The summed E-state index contributed by atoms with van der Waals surface area (Å²) in [6, 6.07) is 0. The van der Waals surface area contributed by atoms with Crippen LogP contribution in [0.15, 0.2) is 0 Å². The van der Waals surface area contributed by atoms with Gasteiger partial charge in [-0.2, -0.15) is 0 Å². The zero-order valence-corrected chi connectivity index (χ0v) is 8.84. The second-order valence-corrected chi connectivity index (χ2v) is 5.11. The molecular weight excluding hydrogens is 176 g/mol. The van der Waals surface area contributed by atoms with Crippen molar-refractivity contribution in [2.24, 2.45) is 0 Å². The first-order valence-corrected chi connectivity index (χ1v) is 6.22. The lowest BCUT2D eigenvalue weighted by Crippen LogP contribution is -2.40. The van der Waals surface area contributed by atoms with Crippen LogP contribution >= 0.6 is 0 Å². The SMILES string of the molecule is C1CC(OC2(OC3CC3)CCCC2)C1. The van der Waals surface area contributed by atoms with Crippen molar-refractivity contribution in [1.29, 1.82) is 0 Å². The highest BCUT2D eigenvalue weighted by Crippen LogP contribution is 2.42. The number of hydrogen-bond acceptors (Lipinski definition) is 2. The van der Waals surface area contributed by atoms with Gasteiger partial charge in [0.25, 0.3) is 0 Å². The minimum atomic E-state index is -0.147. The Kier molecular flexibility index (Phi) is 2.29. The third-order valence-corrected chi connectivity index (χ3v) is 3.70. The lowest BCUT2D eigenvalue weighted by atomic mass is 9.95. The molecule has 2 heteroatoms. The van der Waals surface area contributed by atoms with E-state index in [9.17, 15) is 0 Å². The van der Waals surface area contributed by atoms with Gasteiger partial charge in [-0.1, -0.05) is 0 Å². The van der Waals surface area contributed by atoms with Crippen LogP contribution in [0.3, 0.4) is 0 Å². The van der Waals surface area contributed by atoms with Crippen LogP contribution in [0.2, 0.25) is 0 Å². The van der Waals surface area contributed by atoms with Gasteiger partial charge in [-0.3, -0.25) is 0 Å². The molecule has 0 radical (unpaired) electrons. The van der Waals surface area contributed by atoms with Crippen molar-refractivity contribution in [3.63, 3.8) is 0 Å². The van der Waals surface area contributed by atoms with E-state index in [2.05, 4.69) is 0 Å². The zero-order chi connectivity index (χ0) is 9.43. The average Bonchev–Trinajstić information content (AvgIpc) is 2.78. The number of rotatable bonds is 4. The first-order valence-electron chi connectivity index (χ1n) is 6.22. The van der Waals surface area contributed by atoms with Gasteiger partial charge in [0.2, 0.25) is 0 Å². The fourth-order valence-corrected chi connectivity index (χ4v) is 2.46. The van der Waals surface area contributed by atoms with Crippen LogP contribution in [0, 0.1) is 0 Å². The Morgan fingerprint density at radius 2 is 1.29 bits per heavy atom. The van der Waals surface area contributed by atoms with Crippen molar-refractivity contribution in [3.8, 4) is 0 Å². The molecule has 80 valence electrons. The van der Waals surface area contributed by atoms with E-state index in [1.54, 1.807) is 0 Å². The number of hydrogen-bond donors (Lipinski definition) is 0. The Balaban J connectivity index is 1.60. The maximum absolute atomic E-state index is 6.16. The first-order chi connectivity index (χ1) is 6.86. The van der Waals surface area contributed by atoms with Crippen LogP contribution < -0.4 is 0 Å². The summed E-state index contributed by atoms with van der Waals surface area (Å²) in [5.74, 6) is -0.147. The molecule has 0 heterocycles. The van der Waals surface area contributed by atoms with E-state index in [1.165, 1.54) is 44.9 Å². The van der Waals surface area contributed by atoms with Gasteiger partial charge in [-0.05, 0) is 44.9 Å². The molecule has 0 aromatic rings. The molecule has 0 unspecified atom stereocenters. The standard InChI is InChI=1S/C12H20O2/c1-2-9-12(8-1,14-11-6-7-11)13-10-4-3-5-10/h10-11H,1-9H2. The fraction of sp³-hybridized carbons (Fsp3) is 1.00. The highest BCUT2D eigenvalue weighted by Gasteiger charge is 2.43. The van der Waals surface area contributed by atoms with E-state index in [0.29, 0.717) is 12.2 Å². The third-order valence-electron chi connectivity index (χ3n) is 3.70. The van der Waals surface area contributed by atoms with E-state index < -0.39 is 0 Å². The molecule has 0 saturated heterocycles. The first kappa shape index (κ1) is 9.17. The highest BCUT2D eigenvalue weighted by molar-refractivity contribution is 4.86. The van der Waals surface area contributed by atoms with E-state index >= 15 is 0 Å². The van der Waals surface area contributed by atoms with Gasteiger partial charge in [0.15, 0.2) is 5.79 Å². The Morgan fingerprint density at radius 1 is 0.714 bits per heavy atom. The van der Waals surface area contributed by atoms with Gasteiger partial charge in [-0.25, -0.2) is 0 Å². The summed E-state index contributed by atoms with van der Waals surface area (Å²) in [5.41, 5.74) is 0. The maximum atomic E-state index is 6.16. The van der Waals surface area contributed by atoms with Crippen LogP contribution in [-0.2, 0) is 9.47 Å². The van der Waals surface area contributed by atoms with Crippen molar-refractivity contribution in [3.05, 3.63) is 0 Å². The maximum Gasteiger partial charge on any atom is 0.169 e. The van der Waals surface area contributed by atoms with Crippen molar-refractivity contribution < 1.29 is 9.47 Å². The molecule has 0 amide bonds. The second-order valence-electron chi connectivity index (χ2n) is 5.11. The molecule has 0 bridgehead atoms. The third kappa shape index (κ3) is 1.82. The molecule has 3 fully saturated rings. The van der Waals surface area contributed by atoms with Crippen LogP contribution in [0.25, 0.3) is 0 Å². The number of ether oxygens (including phenoxy) is 2. The molecule has 3 aliphatic rings. The Labute approximate surface area is 86.0 Å². The predicted octanol–water partition coefficient (Wildman–Crippen LogP) is 3.00. The summed E-state index contributed by atoms with van der Waals surface area (Å²) in [6.45, 7) is 0. The van der Waals surface area contributed by atoms with Gasteiger partial charge in [-0.15, -0.1) is 0 Å². The van der Waals surface area contributed by atoms with Crippen LogP contribution in [0.1, 0.15) is 57.8 Å². The summed E-state index contributed by atoms with van der Waals surface area (Å²) in [7, 11) is 0. The van der Waals surface area contributed by atoms with E-state index in [1.807, 2.05) is 0 Å². The average molecular weight is 196 g/mol. The Hall–Kier alpha value is -0.0800. The molecule has 0 aromatic heterocycles. The summed E-state index contributed by atoms with van der Waals surface area (Å²) in [5, 5.41) is 0. The molecule has 0 N–H and O–H groups in total. The molecule has 0 atom stereocenters. The summed E-state index contributed by atoms with van der Waals surface area (Å²) < 4.78 is 12.3. The van der Waals surface area contributed by atoms with E-state index in [-0.39, 0.29) is 5.79 Å². The predicted molar refractivity (Wildman–Crippen MR) is 54.0 cm³/mol. The molecule has 0 aromatic carbocycles. The topological polar surface area (TPSA) is 18.5 Å². The fourth-order valence-electron chi connectivity index (χ4n) is 2.46. The minimum absolute atomic E-state index is 0.147. The summed E-state index contributed by atoms with van der Waals surface area (Å²) in [4.78, 5) is 0. The smallest absolute Gasteiger partial charge is 0.169 e. The molecule has 3 aliphatic carbocycles. The van der Waals surface area contributed by atoms with Gasteiger partial charge in [0, 0.05) is 12.8 Å². The summed E-state index contributed by atoms with van der Waals surface area (Å²) in [6.07, 6.45) is 12.3. The Bertz CT molecular complexity index is 200. The van der Waals surface area contributed by atoms with Crippen molar-refractivity contribution in [2.75, 3.05) is 0 Å². The van der Waals surface area contributed by atoms with Crippen molar-refractivity contribution in [1.82, 2.24) is 0 Å². The molecule has 3 rings (SSSR count). The summed E-state index contributed by atoms with van der Waals surface area (Å²) >= 11 is 0. The molecule has 0 spiro atoms. The second kappa shape index (κ2) is 3.49. The monoisotopic (exact) mass is 196 g/mol. The van der Waals surface area contributed by atoms with E-state index in [4.69, 9.17) is 9.47 Å². The Morgan fingerprint density at radius 3 is 1.71 bits per heavy atom. The molecular formula is C12H20O2. The molecule has 3 saturated carbocycles. The quantitative estimate of drug-likeness (QED) is 0.643. The van der Waals surface area contributed by atoms with Gasteiger partial charge < -0.3 is 9.47 Å². The normalized spacial score (nSPS) is 31.7. The van der Waals surface area contributed by atoms with Gasteiger partial charge >= 0.3 is 0 Å². The molecule has 2 nitrogen and oxygen atoms in total. The largest absolute Gasteiger partial charge is 0.347 e. The van der Waals surface area contributed by atoms with E-state index in [0.717, 1.165) is 12.8 Å². The van der Waals surface area contributed by atoms with Gasteiger partial charge in [0.1, 0.15) is 0 Å². The zero-order valence-electron chi connectivity index (χ0n) is 8.84. The lowest BCUT2D eigenvalue weighted by Gasteiger charge is -2.37. The lowest BCUT2D eigenvalue weighted by molar-refractivity contribution is -0.271. The van der Waals surface area contributed by atoms with Crippen LogP contribution in [0.4, 0.5) is 0 Å². The van der Waals surface area contributed by atoms with Crippen LogP contribution in [0.5, 0.6) is 0 Å². The van der Waals surface area contributed by atoms with Crippen molar-refractivity contribution >= 4 is 0 Å². The van der Waals surface area contributed by atoms with Crippen LogP contribution in [-0.4, -0.2) is 18.0 Å².